The summed E-state index contributed by atoms with van der Waals surface area (Å²) in [5, 5.41) is 13.3. The Kier molecular flexibility index (Phi) is 6.69. The third-order valence-corrected chi connectivity index (χ3v) is 5.04. The molecule has 0 spiro atoms. The minimum atomic E-state index is -0.620. The van der Waals surface area contributed by atoms with Crippen molar-refractivity contribution in [3.63, 3.8) is 0 Å². The molecule has 0 bridgehead atoms. The number of hydrogen-bond donors (Lipinski definition) is 1. The molecule has 1 unspecified atom stereocenters. The maximum atomic E-state index is 11.8. The number of methoxy groups -OCH3 is 4. The van der Waals surface area contributed by atoms with Crippen LogP contribution in [-0.4, -0.2) is 51.4 Å². The molecule has 0 saturated heterocycles. The Morgan fingerprint density at radius 3 is 2.00 bits per heavy atom. The number of benzene rings is 2. The predicted octanol–water partition coefficient (Wildman–Crippen LogP) is 3.80. The number of ether oxygens (including phenoxy) is 5. The quantitative estimate of drug-likeness (QED) is 0.408. The highest BCUT2D eigenvalue weighted by molar-refractivity contribution is 6.34. The first-order chi connectivity index (χ1) is 15.0. The molecule has 8 nitrogen and oxygen atoms in total. The van der Waals surface area contributed by atoms with Gasteiger partial charge < -0.3 is 28.9 Å². The molecule has 1 atom stereocenters. The summed E-state index contributed by atoms with van der Waals surface area (Å²) in [5.74, 6) is 1.60. The first-order valence-electron chi connectivity index (χ1n) is 9.54. The molecule has 0 radical (unpaired) electrons. The van der Waals surface area contributed by atoms with Gasteiger partial charge in [-0.25, -0.2) is 0 Å². The van der Waals surface area contributed by atoms with E-state index in [1.165, 1.54) is 28.3 Å². The second-order valence-corrected chi connectivity index (χ2v) is 6.78. The van der Waals surface area contributed by atoms with Gasteiger partial charge in [0.25, 0.3) is 0 Å². The van der Waals surface area contributed by atoms with E-state index < -0.39 is 12.1 Å². The number of nitrogens with zero attached hydrogens (tertiary/aromatic N) is 1. The second kappa shape index (κ2) is 9.42. The smallest absolute Gasteiger partial charge is 0.303 e. The lowest BCUT2D eigenvalue weighted by Crippen LogP contribution is -2.16. The van der Waals surface area contributed by atoms with Gasteiger partial charge in [0.1, 0.15) is 11.9 Å². The Hall–Kier alpha value is -3.68. The van der Waals surface area contributed by atoms with E-state index in [1.54, 1.807) is 19.2 Å². The van der Waals surface area contributed by atoms with Gasteiger partial charge in [-0.05, 0) is 35.4 Å². The molecule has 2 aromatic rings. The van der Waals surface area contributed by atoms with E-state index >= 15 is 0 Å². The van der Waals surface area contributed by atoms with Crippen LogP contribution in [0.25, 0.3) is 11.1 Å². The van der Waals surface area contributed by atoms with Gasteiger partial charge in [-0.15, -0.1) is 0 Å². The lowest BCUT2D eigenvalue weighted by molar-refractivity contribution is -0.143. The second-order valence-electron chi connectivity index (χ2n) is 6.78. The summed E-state index contributed by atoms with van der Waals surface area (Å²) in [4.78, 5) is 11.8. The SMILES string of the molecule is COc1ccc(C2=C(c3cc(OC)c(OC)c(OC)c3)/C(=N/O)CC2OC(C)=O)cc1. The van der Waals surface area contributed by atoms with Gasteiger partial charge in [-0.3, -0.25) is 4.79 Å². The number of esters is 1. The summed E-state index contributed by atoms with van der Waals surface area (Å²) in [7, 11) is 6.16. The Bertz CT molecular complexity index is 1000. The molecule has 1 N–H and O–H groups in total. The molecule has 8 heteroatoms. The fourth-order valence-electron chi connectivity index (χ4n) is 3.74. The zero-order valence-corrected chi connectivity index (χ0v) is 18.1. The average Bonchev–Trinajstić information content (AvgIpc) is 3.15. The topological polar surface area (TPSA) is 95.8 Å². The molecular formula is C23H25NO7. The Balaban J connectivity index is 2.29. The highest BCUT2D eigenvalue weighted by Gasteiger charge is 2.36. The molecule has 0 fully saturated rings. The van der Waals surface area contributed by atoms with Crippen molar-refractivity contribution in [2.75, 3.05) is 28.4 Å². The standard InChI is InChI=1S/C23H25NO7/c1-13(25)31-18-12-17(24-26)21(22(18)14-6-8-16(27-2)9-7-14)15-10-19(28-3)23(30-5)20(11-15)29-4/h6-11,18,26H,12H2,1-5H3/b24-17+. The lowest BCUT2D eigenvalue weighted by atomic mass is 9.95. The minimum absolute atomic E-state index is 0.226. The number of carbonyl (C=O) groups is 1. The van der Waals surface area contributed by atoms with Crippen LogP contribution in [0.15, 0.2) is 41.6 Å². The average molecular weight is 427 g/mol. The minimum Gasteiger partial charge on any atom is -0.497 e. The van der Waals surface area contributed by atoms with E-state index in [9.17, 15) is 10.0 Å². The van der Waals surface area contributed by atoms with E-state index in [1.807, 2.05) is 24.3 Å². The molecule has 3 rings (SSSR count). The molecule has 1 aliphatic carbocycles. The molecule has 1 aliphatic rings. The van der Waals surface area contributed by atoms with Crippen molar-refractivity contribution >= 4 is 22.8 Å². The van der Waals surface area contributed by atoms with E-state index in [0.717, 1.165) is 5.56 Å². The number of carbonyl (C=O) groups excluding carboxylic acids is 1. The van der Waals surface area contributed by atoms with Crippen molar-refractivity contribution in [3.8, 4) is 23.0 Å². The molecule has 0 aliphatic heterocycles. The van der Waals surface area contributed by atoms with Gasteiger partial charge in [0.15, 0.2) is 11.5 Å². The molecule has 0 amide bonds. The summed E-state index contributed by atoms with van der Waals surface area (Å²) in [6.07, 6.45) is -0.394. The molecule has 0 saturated carbocycles. The predicted molar refractivity (Wildman–Crippen MR) is 115 cm³/mol. The first-order valence-corrected chi connectivity index (χ1v) is 9.54. The number of oxime groups is 1. The number of rotatable bonds is 7. The van der Waals surface area contributed by atoms with Gasteiger partial charge in [-0.1, -0.05) is 17.3 Å². The van der Waals surface area contributed by atoms with Crippen LogP contribution in [0.4, 0.5) is 0 Å². The normalized spacial score (nSPS) is 16.9. The summed E-state index contributed by atoms with van der Waals surface area (Å²) in [6, 6.07) is 10.9. The Labute approximate surface area is 180 Å². The first kappa shape index (κ1) is 22.0. The van der Waals surface area contributed by atoms with Gasteiger partial charge in [0, 0.05) is 24.5 Å². The van der Waals surface area contributed by atoms with Crippen molar-refractivity contribution in [2.45, 2.75) is 19.4 Å². The maximum absolute atomic E-state index is 11.8. The molecule has 164 valence electrons. The third kappa shape index (κ3) is 4.28. The number of hydrogen-bond acceptors (Lipinski definition) is 8. The maximum Gasteiger partial charge on any atom is 0.303 e. The fraction of sp³-hybridized carbons (Fsp3) is 0.304. The summed E-state index contributed by atoms with van der Waals surface area (Å²) in [6.45, 7) is 1.35. The molecule has 0 aromatic heterocycles. The van der Waals surface area contributed by atoms with E-state index in [-0.39, 0.29) is 6.42 Å². The van der Waals surface area contributed by atoms with Crippen molar-refractivity contribution in [3.05, 3.63) is 47.5 Å². The summed E-state index contributed by atoms with van der Waals surface area (Å²) < 4.78 is 27.2. The molecule has 0 heterocycles. The lowest BCUT2D eigenvalue weighted by Gasteiger charge is -2.18. The van der Waals surface area contributed by atoms with Crippen LogP contribution in [0.1, 0.15) is 24.5 Å². The third-order valence-electron chi connectivity index (χ3n) is 5.04. The van der Waals surface area contributed by atoms with E-state index in [2.05, 4.69) is 5.16 Å². The van der Waals surface area contributed by atoms with Gasteiger partial charge >= 0.3 is 5.97 Å². The monoisotopic (exact) mass is 427 g/mol. The van der Waals surface area contributed by atoms with Crippen molar-refractivity contribution < 1.29 is 33.7 Å². The largest absolute Gasteiger partial charge is 0.497 e. The van der Waals surface area contributed by atoms with Gasteiger partial charge in [0.2, 0.25) is 5.75 Å². The van der Waals surface area contributed by atoms with E-state index in [0.29, 0.717) is 45.4 Å². The van der Waals surface area contributed by atoms with Gasteiger partial charge in [0.05, 0.1) is 34.2 Å². The Morgan fingerprint density at radius 1 is 0.935 bits per heavy atom. The molecule has 31 heavy (non-hydrogen) atoms. The van der Waals surface area contributed by atoms with Crippen molar-refractivity contribution in [1.29, 1.82) is 0 Å². The number of allylic oxidation sites excluding steroid dienone is 1. The molecule has 2 aromatic carbocycles. The van der Waals surface area contributed by atoms with E-state index in [4.69, 9.17) is 23.7 Å². The highest BCUT2D eigenvalue weighted by atomic mass is 16.5. The van der Waals surface area contributed by atoms with Crippen molar-refractivity contribution in [2.24, 2.45) is 5.16 Å². The van der Waals surface area contributed by atoms with Crippen molar-refractivity contribution in [1.82, 2.24) is 0 Å². The summed E-state index contributed by atoms with van der Waals surface area (Å²) >= 11 is 0. The molecular weight excluding hydrogens is 402 g/mol. The van der Waals surface area contributed by atoms with Crippen LogP contribution in [0, 0.1) is 0 Å². The highest BCUT2D eigenvalue weighted by Crippen LogP contribution is 2.45. The van der Waals surface area contributed by atoms with Crippen LogP contribution >= 0.6 is 0 Å². The Morgan fingerprint density at radius 2 is 1.55 bits per heavy atom. The van der Waals surface area contributed by atoms with Crippen LogP contribution < -0.4 is 18.9 Å². The zero-order chi connectivity index (χ0) is 22.5. The van der Waals surface area contributed by atoms with Gasteiger partial charge in [-0.2, -0.15) is 0 Å². The van der Waals surface area contributed by atoms with Crippen LogP contribution in [-0.2, 0) is 9.53 Å². The van der Waals surface area contributed by atoms with Crippen LogP contribution in [0.5, 0.6) is 23.0 Å². The van der Waals surface area contributed by atoms with Crippen LogP contribution in [0.3, 0.4) is 0 Å². The fourth-order valence-corrected chi connectivity index (χ4v) is 3.74. The van der Waals surface area contributed by atoms with Crippen LogP contribution in [0.2, 0.25) is 0 Å². The zero-order valence-electron chi connectivity index (χ0n) is 18.1. The summed E-state index contributed by atoms with van der Waals surface area (Å²) in [5.41, 5.74) is 3.18.